The summed E-state index contributed by atoms with van der Waals surface area (Å²) < 4.78 is 0. The third-order valence-corrected chi connectivity index (χ3v) is 4.22. The molecule has 0 aliphatic heterocycles. The number of hydrogen-bond donors (Lipinski definition) is 1. The van der Waals surface area contributed by atoms with Gasteiger partial charge in [-0.15, -0.1) is 11.8 Å². The van der Waals surface area contributed by atoms with Crippen molar-refractivity contribution in [3.05, 3.63) is 0 Å². The van der Waals surface area contributed by atoms with Crippen molar-refractivity contribution in [1.82, 2.24) is 0 Å². The number of carboxylic acids is 1. The van der Waals surface area contributed by atoms with E-state index in [1.807, 2.05) is 0 Å². The molecule has 0 unspecified atom stereocenters. The zero-order chi connectivity index (χ0) is 17.0. The van der Waals surface area contributed by atoms with E-state index in [9.17, 15) is 4.79 Å². The van der Waals surface area contributed by atoms with Crippen LogP contribution in [0.4, 0.5) is 0 Å². The van der Waals surface area contributed by atoms with Crippen LogP contribution in [-0.2, 0) is 4.79 Å². The first kappa shape index (κ1) is 22.0. The monoisotopic (exact) mass is 322 g/mol. The van der Waals surface area contributed by atoms with Gasteiger partial charge in [0.1, 0.15) is 0 Å². The fourth-order valence-electron chi connectivity index (χ4n) is 2.72. The van der Waals surface area contributed by atoms with E-state index in [-0.39, 0.29) is 6.42 Å². The van der Waals surface area contributed by atoms with Gasteiger partial charge in [-0.3, -0.25) is 4.79 Å². The average Bonchev–Trinajstić information content (AvgIpc) is 2.53. The molecule has 0 fully saturated rings. The Labute approximate surface area is 144 Å². The number of unbranched alkanes of at least 4 members (excludes halogenated alkanes) is 14. The Morgan fingerprint density at radius 2 is 1.04 bits per heavy atom. The normalized spacial score (nSPS) is 10.3. The summed E-state index contributed by atoms with van der Waals surface area (Å²) >= 11 is 0. The lowest BCUT2D eigenvalue weighted by Gasteiger charge is -2.01. The quantitative estimate of drug-likeness (QED) is 0.253. The smallest absolute Gasteiger partial charge is 0.303 e. The molecule has 0 bridgehead atoms. The molecule has 0 amide bonds. The second kappa shape index (κ2) is 19.1. The predicted molar refractivity (Wildman–Crippen MR) is 99.6 cm³/mol. The first-order valence-corrected chi connectivity index (χ1v) is 9.95. The molecule has 2 heteroatoms. The predicted octanol–water partition coefficient (Wildman–Crippen LogP) is 6.73. The van der Waals surface area contributed by atoms with Gasteiger partial charge in [-0.05, 0) is 19.3 Å². The van der Waals surface area contributed by atoms with Crippen LogP contribution in [0.25, 0.3) is 0 Å². The Bertz CT molecular complexity index is 312. The molecule has 0 rings (SSSR count). The Hall–Kier alpha value is -0.970. The fraction of sp³-hybridized carbons (Fsp3) is 0.857. The van der Waals surface area contributed by atoms with Crippen LogP contribution in [-0.4, -0.2) is 11.1 Å². The number of carboxylic acid groups (broad SMARTS) is 1. The van der Waals surface area contributed by atoms with Crippen LogP contribution >= 0.6 is 0 Å². The summed E-state index contributed by atoms with van der Waals surface area (Å²) in [4.78, 5) is 10.3. The van der Waals surface area contributed by atoms with Crippen LogP contribution in [0.3, 0.4) is 0 Å². The zero-order valence-electron chi connectivity index (χ0n) is 15.4. The lowest BCUT2D eigenvalue weighted by molar-refractivity contribution is -0.137. The van der Waals surface area contributed by atoms with Crippen LogP contribution in [0, 0.1) is 11.8 Å². The van der Waals surface area contributed by atoms with Gasteiger partial charge in [0.2, 0.25) is 0 Å². The molecular formula is C21H38O2. The molecule has 0 aromatic heterocycles. The maximum absolute atomic E-state index is 10.3. The zero-order valence-corrected chi connectivity index (χ0v) is 15.4. The SMILES string of the molecule is CCCCCCCCCCCCCCC#CCCCCC(=O)O. The molecule has 0 aromatic carbocycles. The number of hydrogen-bond acceptors (Lipinski definition) is 1. The summed E-state index contributed by atoms with van der Waals surface area (Å²) in [6, 6.07) is 0. The van der Waals surface area contributed by atoms with Gasteiger partial charge < -0.3 is 5.11 Å². The summed E-state index contributed by atoms with van der Waals surface area (Å²) in [5, 5.41) is 8.51. The summed E-state index contributed by atoms with van der Waals surface area (Å²) in [6.45, 7) is 2.27. The van der Waals surface area contributed by atoms with E-state index in [0.29, 0.717) is 0 Å². The number of aliphatic carboxylic acids is 1. The van der Waals surface area contributed by atoms with E-state index < -0.39 is 5.97 Å². The molecule has 1 N–H and O–H groups in total. The molecule has 0 saturated carbocycles. The Kier molecular flexibility index (Phi) is 18.3. The van der Waals surface area contributed by atoms with Crippen molar-refractivity contribution in [2.75, 3.05) is 0 Å². The minimum atomic E-state index is -0.700. The first-order chi connectivity index (χ1) is 11.3. The molecule has 0 spiro atoms. The molecule has 0 aliphatic rings. The molecule has 0 aliphatic carbocycles. The van der Waals surface area contributed by atoms with Crippen molar-refractivity contribution in [1.29, 1.82) is 0 Å². The second-order valence-corrected chi connectivity index (χ2v) is 6.59. The third-order valence-electron chi connectivity index (χ3n) is 4.22. The van der Waals surface area contributed by atoms with Gasteiger partial charge in [0.25, 0.3) is 0 Å². The molecule has 0 heterocycles. The van der Waals surface area contributed by atoms with E-state index >= 15 is 0 Å². The molecule has 134 valence electrons. The minimum Gasteiger partial charge on any atom is -0.481 e. The maximum atomic E-state index is 10.3. The van der Waals surface area contributed by atoms with Crippen LogP contribution < -0.4 is 0 Å². The topological polar surface area (TPSA) is 37.3 Å². The molecule has 2 nitrogen and oxygen atoms in total. The summed E-state index contributed by atoms with van der Waals surface area (Å²) in [5.74, 6) is 5.67. The van der Waals surface area contributed by atoms with Gasteiger partial charge in [0, 0.05) is 19.3 Å². The van der Waals surface area contributed by atoms with Gasteiger partial charge in [0.15, 0.2) is 0 Å². The molecule has 23 heavy (non-hydrogen) atoms. The highest BCUT2D eigenvalue weighted by Gasteiger charge is 1.94. The van der Waals surface area contributed by atoms with E-state index in [1.165, 1.54) is 77.0 Å². The van der Waals surface area contributed by atoms with E-state index in [1.54, 1.807) is 0 Å². The van der Waals surface area contributed by atoms with E-state index in [2.05, 4.69) is 18.8 Å². The molecular weight excluding hydrogens is 284 g/mol. The average molecular weight is 323 g/mol. The fourth-order valence-corrected chi connectivity index (χ4v) is 2.72. The highest BCUT2D eigenvalue weighted by molar-refractivity contribution is 5.66. The Balaban J connectivity index is 3.09. The number of rotatable bonds is 16. The second-order valence-electron chi connectivity index (χ2n) is 6.59. The highest BCUT2D eigenvalue weighted by Crippen LogP contribution is 2.12. The van der Waals surface area contributed by atoms with Gasteiger partial charge in [-0.25, -0.2) is 0 Å². The van der Waals surface area contributed by atoms with Crippen LogP contribution in [0.2, 0.25) is 0 Å². The van der Waals surface area contributed by atoms with Crippen molar-refractivity contribution in [2.24, 2.45) is 0 Å². The van der Waals surface area contributed by atoms with Crippen molar-refractivity contribution in [2.45, 2.75) is 116 Å². The van der Waals surface area contributed by atoms with Crippen molar-refractivity contribution in [3.63, 3.8) is 0 Å². The standard InChI is InChI=1S/C21H38O2/c1-2-3-4-5-6-7-8-9-10-11-12-13-14-15-16-17-18-19-20-21(22)23/h2-14,17-20H2,1H3,(H,22,23). The van der Waals surface area contributed by atoms with Crippen LogP contribution in [0.15, 0.2) is 0 Å². The van der Waals surface area contributed by atoms with Gasteiger partial charge in [-0.2, -0.15) is 0 Å². The van der Waals surface area contributed by atoms with Crippen LogP contribution in [0.1, 0.15) is 116 Å². The maximum Gasteiger partial charge on any atom is 0.303 e. The molecule has 0 aromatic rings. The van der Waals surface area contributed by atoms with Crippen LogP contribution in [0.5, 0.6) is 0 Å². The summed E-state index contributed by atoms with van der Waals surface area (Å²) in [7, 11) is 0. The molecule has 0 radical (unpaired) electrons. The Morgan fingerprint density at radius 3 is 1.48 bits per heavy atom. The first-order valence-electron chi connectivity index (χ1n) is 9.95. The Morgan fingerprint density at radius 1 is 0.652 bits per heavy atom. The van der Waals surface area contributed by atoms with Gasteiger partial charge in [-0.1, -0.05) is 77.6 Å². The highest BCUT2D eigenvalue weighted by atomic mass is 16.4. The lowest BCUT2D eigenvalue weighted by Crippen LogP contribution is -1.92. The molecule has 0 saturated heterocycles. The van der Waals surface area contributed by atoms with Gasteiger partial charge >= 0.3 is 5.97 Å². The van der Waals surface area contributed by atoms with Crippen molar-refractivity contribution < 1.29 is 9.90 Å². The lowest BCUT2D eigenvalue weighted by atomic mass is 10.0. The van der Waals surface area contributed by atoms with E-state index in [4.69, 9.17) is 5.11 Å². The summed E-state index contributed by atoms with van der Waals surface area (Å²) in [5.41, 5.74) is 0. The van der Waals surface area contributed by atoms with Gasteiger partial charge in [0.05, 0.1) is 0 Å². The van der Waals surface area contributed by atoms with Crippen molar-refractivity contribution >= 4 is 5.97 Å². The minimum absolute atomic E-state index is 0.278. The summed E-state index contributed by atoms with van der Waals surface area (Å²) in [6.07, 6.45) is 20.4. The molecule has 0 atom stereocenters. The number of carbonyl (C=O) groups is 1. The third kappa shape index (κ3) is 21.0. The van der Waals surface area contributed by atoms with Crippen molar-refractivity contribution in [3.8, 4) is 11.8 Å². The van der Waals surface area contributed by atoms with E-state index in [0.717, 1.165) is 25.7 Å². The largest absolute Gasteiger partial charge is 0.481 e.